The first kappa shape index (κ1) is 36.2. The van der Waals surface area contributed by atoms with Crippen molar-refractivity contribution in [3.63, 3.8) is 0 Å². The molecular weight excluding hydrogens is 637 g/mol. The van der Waals surface area contributed by atoms with Gasteiger partial charge in [-0.15, -0.1) is 6.58 Å². The molecule has 0 saturated carbocycles. The number of H-pyrrole nitrogens is 1. The molecule has 0 spiro atoms. The van der Waals surface area contributed by atoms with Crippen LogP contribution in [0.4, 0.5) is 0 Å². The largest absolute Gasteiger partial charge is 0.497 e. The summed E-state index contributed by atoms with van der Waals surface area (Å²) in [6.07, 6.45) is 0.0253. The Morgan fingerprint density at radius 3 is 1.94 bits per heavy atom. The molecule has 1 aliphatic heterocycles. The molecule has 0 aliphatic carbocycles. The van der Waals surface area contributed by atoms with Crippen LogP contribution in [0.3, 0.4) is 0 Å². The fourth-order valence-corrected chi connectivity index (χ4v) is 7.54. The van der Waals surface area contributed by atoms with Gasteiger partial charge in [0, 0.05) is 19.4 Å². The van der Waals surface area contributed by atoms with Gasteiger partial charge in [-0.05, 0) is 53.4 Å². The van der Waals surface area contributed by atoms with Gasteiger partial charge in [-0.25, -0.2) is 4.79 Å². The van der Waals surface area contributed by atoms with Gasteiger partial charge in [0.15, 0.2) is 14.5 Å². The highest BCUT2D eigenvalue weighted by molar-refractivity contribution is 6.74. The second-order valence-corrected chi connectivity index (χ2v) is 18.6. The quantitative estimate of drug-likeness (QED) is 0.0939. The molecule has 1 aromatic heterocycles. The zero-order chi connectivity index (χ0) is 35.4. The van der Waals surface area contributed by atoms with E-state index in [1.807, 2.05) is 66.7 Å². The van der Waals surface area contributed by atoms with Crippen molar-refractivity contribution < 1.29 is 23.4 Å². The molecule has 5 rings (SSSR count). The number of hydrogen-bond acceptors (Lipinski definition) is 7. The van der Waals surface area contributed by atoms with E-state index >= 15 is 0 Å². The molecule has 2 heterocycles. The summed E-state index contributed by atoms with van der Waals surface area (Å²) < 4.78 is 34.6. The Hall–Kier alpha value is -4.06. The SMILES string of the molecule is C=CC[C@H](OC(c1ccccc1)(c1ccccc1)c1ccc(OC)cc1)[C@H]1O[C@@H](n2ccc(=O)[nH]c2=O)[C@@H](OC)[C@H]1O[Si](C)(C)C(C)(C)C. The van der Waals surface area contributed by atoms with Gasteiger partial charge in [-0.3, -0.25) is 14.3 Å². The number of hydrogen-bond donors (Lipinski definition) is 1. The molecule has 4 aromatic rings. The van der Waals surface area contributed by atoms with Gasteiger partial charge in [-0.1, -0.05) is 99.6 Å². The Balaban J connectivity index is 1.72. The zero-order valence-electron chi connectivity index (χ0n) is 29.4. The van der Waals surface area contributed by atoms with Gasteiger partial charge >= 0.3 is 5.69 Å². The number of aromatic nitrogens is 2. The van der Waals surface area contributed by atoms with Crippen molar-refractivity contribution in [2.24, 2.45) is 0 Å². The Kier molecular flexibility index (Phi) is 11.0. The standard InChI is InChI=1S/C39H48N2O7Si/c1-9-16-31(33-34(48-49(7,8)38(2,3)4)35(45-6)36(46-33)41-26-25-32(42)40-37(41)43)47-39(27-17-12-10-13-18-27,28-19-14-11-15-20-28)29-21-23-30(44-5)24-22-29/h9-15,17-26,31,33-36H,1,16H2,2-8H3,(H,40,42,43)/t31-,33+,34-,35-,36+/m0/s1. The minimum atomic E-state index is -2.45. The monoisotopic (exact) mass is 684 g/mol. The fraction of sp³-hybridized carbons (Fsp3) is 0.385. The molecular formula is C39H48N2O7Si. The van der Waals surface area contributed by atoms with Crippen molar-refractivity contribution >= 4 is 8.32 Å². The molecule has 0 unspecified atom stereocenters. The minimum absolute atomic E-state index is 0.140. The predicted octanol–water partition coefficient (Wildman–Crippen LogP) is 6.80. The number of aromatic amines is 1. The Morgan fingerprint density at radius 1 is 0.878 bits per heavy atom. The molecule has 1 aliphatic rings. The number of methoxy groups -OCH3 is 2. The highest BCUT2D eigenvalue weighted by atomic mass is 28.4. The van der Waals surface area contributed by atoms with Crippen LogP contribution in [0.2, 0.25) is 18.1 Å². The Labute approximate surface area is 289 Å². The first-order chi connectivity index (χ1) is 23.4. The number of nitrogens with zero attached hydrogens (tertiary/aromatic N) is 1. The summed E-state index contributed by atoms with van der Waals surface area (Å²) in [7, 11) is 0.774. The van der Waals surface area contributed by atoms with Gasteiger partial charge in [-0.2, -0.15) is 0 Å². The van der Waals surface area contributed by atoms with Crippen LogP contribution < -0.4 is 16.0 Å². The third kappa shape index (κ3) is 7.29. The van der Waals surface area contributed by atoms with Gasteiger partial charge in [0.25, 0.3) is 5.56 Å². The molecule has 1 N–H and O–H groups in total. The predicted molar refractivity (Wildman–Crippen MR) is 194 cm³/mol. The molecule has 49 heavy (non-hydrogen) atoms. The van der Waals surface area contributed by atoms with Crippen LogP contribution in [0.1, 0.15) is 50.1 Å². The van der Waals surface area contributed by atoms with E-state index in [0.29, 0.717) is 6.42 Å². The van der Waals surface area contributed by atoms with E-state index in [2.05, 4.69) is 69.7 Å². The third-order valence-electron chi connectivity index (χ3n) is 9.81. The minimum Gasteiger partial charge on any atom is -0.497 e. The Bertz CT molecular complexity index is 1760. The highest BCUT2D eigenvalue weighted by Crippen LogP contribution is 2.47. The van der Waals surface area contributed by atoms with Crippen LogP contribution in [0, 0.1) is 0 Å². The van der Waals surface area contributed by atoms with E-state index in [1.165, 1.54) is 16.8 Å². The molecule has 0 radical (unpaired) electrons. The molecule has 1 saturated heterocycles. The van der Waals surface area contributed by atoms with Crippen molar-refractivity contribution in [3.8, 4) is 5.75 Å². The topological polar surface area (TPSA) is 101 Å². The molecule has 0 bridgehead atoms. The summed E-state index contributed by atoms with van der Waals surface area (Å²) in [6, 6.07) is 29.4. The lowest BCUT2D eigenvalue weighted by atomic mass is 9.79. The van der Waals surface area contributed by atoms with Crippen LogP contribution in [0.5, 0.6) is 5.75 Å². The lowest BCUT2D eigenvalue weighted by molar-refractivity contribution is -0.142. The molecule has 10 heteroatoms. The van der Waals surface area contributed by atoms with Crippen molar-refractivity contribution in [2.45, 2.75) is 81.6 Å². The average molecular weight is 685 g/mol. The maximum absolute atomic E-state index is 13.2. The van der Waals surface area contributed by atoms with Crippen molar-refractivity contribution in [1.82, 2.24) is 9.55 Å². The van der Waals surface area contributed by atoms with E-state index in [1.54, 1.807) is 14.2 Å². The first-order valence-electron chi connectivity index (χ1n) is 16.6. The molecule has 3 aromatic carbocycles. The highest BCUT2D eigenvalue weighted by Gasteiger charge is 2.55. The van der Waals surface area contributed by atoms with E-state index in [0.717, 1.165) is 22.4 Å². The smallest absolute Gasteiger partial charge is 0.330 e. The second-order valence-electron chi connectivity index (χ2n) is 13.9. The number of benzene rings is 3. The van der Waals surface area contributed by atoms with Crippen LogP contribution >= 0.6 is 0 Å². The van der Waals surface area contributed by atoms with Crippen molar-refractivity contribution in [1.29, 1.82) is 0 Å². The van der Waals surface area contributed by atoms with Crippen LogP contribution in [0.25, 0.3) is 0 Å². The number of rotatable bonds is 13. The van der Waals surface area contributed by atoms with Gasteiger partial charge in [0.2, 0.25) is 0 Å². The van der Waals surface area contributed by atoms with Gasteiger partial charge in [0.05, 0.1) is 13.2 Å². The van der Waals surface area contributed by atoms with E-state index in [4.69, 9.17) is 23.4 Å². The van der Waals surface area contributed by atoms with E-state index < -0.39 is 55.8 Å². The molecule has 9 nitrogen and oxygen atoms in total. The number of nitrogens with one attached hydrogen (secondary N) is 1. The maximum atomic E-state index is 13.2. The first-order valence-corrected chi connectivity index (χ1v) is 19.5. The summed E-state index contributed by atoms with van der Waals surface area (Å²) >= 11 is 0. The molecule has 0 amide bonds. The fourth-order valence-electron chi connectivity index (χ4n) is 6.23. The summed E-state index contributed by atoms with van der Waals surface area (Å²) in [5, 5.41) is -0.140. The maximum Gasteiger partial charge on any atom is 0.330 e. The summed E-state index contributed by atoms with van der Waals surface area (Å²) in [5.41, 5.74) is 0.503. The number of ether oxygens (including phenoxy) is 4. The third-order valence-corrected chi connectivity index (χ3v) is 14.3. The van der Waals surface area contributed by atoms with Gasteiger partial charge in [0.1, 0.15) is 29.7 Å². The van der Waals surface area contributed by atoms with Crippen LogP contribution in [-0.2, 0) is 24.2 Å². The lowest BCUT2D eigenvalue weighted by Gasteiger charge is -2.43. The van der Waals surface area contributed by atoms with Crippen LogP contribution in [0.15, 0.2) is 119 Å². The van der Waals surface area contributed by atoms with Gasteiger partial charge < -0.3 is 23.4 Å². The molecule has 260 valence electrons. The van der Waals surface area contributed by atoms with E-state index in [9.17, 15) is 9.59 Å². The lowest BCUT2D eigenvalue weighted by Crippen LogP contribution is -2.53. The normalized spacial score (nSPS) is 20.6. The van der Waals surface area contributed by atoms with Crippen LogP contribution in [-0.4, -0.2) is 56.5 Å². The average Bonchev–Trinajstić information content (AvgIpc) is 3.44. The summed E-state index contributed by atoms with van der Waals surface area (Å²) in [4.78, 5) is 27.5. The van der Waals surface area contributed by atoms with Crippen molar-refractivity contribution in [2.75, 3.05) is 14.2 Å². The summed E-state index contributed by atoms with van der Waals surface area (Å²) in [6.45, 7) is 15.0. The molecule has 5 atom stereocenters. The Morgan fingerprint density at radius 2 is 1.45 bits per heavy atom. The zero-order valence-corrected chi connectivity index (χ0v) is 30.4. The summed E-state index contributed by atoms with van der Waals surface area (Å²) in [5.74, 6) is 0.723. The van der Waals surface area contributed by atoms with E-state index in [-0.39, 0.29) is 5.04 Å². The van der Waals surface area contributed by atoms with Crippen molar-refractivity contribution in [3.05, 3.63) is 147 Å². The molecule has 1 fully saturated rings. The second kappa shape index (κ2) is 14.8.